The normalized spacial score (nSPS) is 10.9. The Morgan fingerprint density at radius 3 is 2.53 bits per heavy atom. The third-order valence-corrected chi connectivity index (χ3v) is 3.16. The molecular weight excluding hydrogens is 226 g/mol. The molecule has 0 spiro atoms. The van der Waals surface area contributed by atoms with Crippen molar-refractivity contribution >= 4 is 18.8 Å². The van der Waals surface area contributed by atoms with Crippen LogP contribution < -0.4 is 5.14 Å². The van der Waals surface area contributed by atoms with E-state index >= 15 is 0 Å². The molecule has 15 heavy (non-hydrogen) atoms. The average molecular weight is 238 g/mol. The molecule has 0 saturated carbocycles. The molecule has 0 fully saturated rings. The Labute approximate surface area is 92.0 Å². The quantitative estimate of drug-likeness (QED) is 0.585. The van der Waals surface area contributed by atoms with Gasteiger partial charge in [-0.05, 0) is 18.2 Å². The number of rotatable bonds is 1. The minimum atomic E-state index is -3.62. The molecule has 1 aromatic carbocycles. The van der Waals surface area contributed by atoms with E-state index in [4.69, 9.17) is 5.14 Å². The second-order valence-electron chi connectivity index (χ2n) is 3.32. The van der Waals surface area contributed by atoms with E-state index in [1.165, 1.54) is 12.1 Å². The summed E-state index contributed by atoms with van der Waals surface area (Å²) in [5.41, 5.74) is 3.74. The zero-order valence-electron chi connectivity index (χ0n) is 8.61. The van der Waals surface area contributed by atoms with E-state index in [1.807, 2.05) is 0 Å². The number of hydrogen-bond acceptors (Lipinski definition) is 2. The fraction of sp³-hybridized carbons (Fsp3) is 0.200. The molecule has 0 bridgehead atoms. The lowest BCUT2D eigenvalue weighted by molar-refractivity contribution is 0.598. The number of hydrogen-bond donors (Lipinski definition) is 1. The van der Waals surface area contributed by atoms with Crippen LogP contribution in [0.5, 0.6) is 0 Å². The van der Waals surface area contributed by atoms with Crippen LogP contribution in [0.1, 0.15) is 5.56 Å². The highest BCUT2D eigenvalue weighted by atomic mass is 32.2. The van der Waals surface area contributed by atoms with Crippen LogP contribution in [-0.4, -0.2) is 17.2 Å². The van der Waals surface area contributed by atoms with Crippen molar-refractivity contribution in [1.82, 2.24) is 0 Å². The van der Waals surface area contributed by atoms with Crippen molar-refractivity contribution in [3.8, 4) is 11.5 Å². The maximum absolute atomic E-state index is 11.1. The Kier molecular flexibility index (Phi) is 3.69. The predicted octanol–water partition coefficient (Wildman–Crippen LogP) is 0.979. The Balaban J connectivity index is 3.11. The molecule has 0 heterocycles. The maximum Gasteiger partial charge on any atom is 0.238 e. The van der Waals surface area contributed by atoms with E-state index in [2.05, 4.69) is 24.6 Å². The summed E-state index contributed by atoms with van der Waals surface area (Å²) in [5.74, 6) is 2.93. The van der Waals surface area contributed by atoms with E-state index in [9.17, 15) is 8.42 Å². The predicted molar refractivity (Wildman–Crippen MR) is 62.2 cm³/mol. The standard InChI is InChI=1S/C10H12NO2SSi/c1-15(2)7-6-9-4-3-5-10(8-9)14(11,12)13/h3-5,8H,1-2H3,(H2,11,12,13). The van der Waals surface area contributed by atoms with Gasteiger partial charge in [-0.1, -0.05) is 25.1 Å². The summed E-state index contributed by atoms with van der Waals surface area (Å²) >= 11 is 0. The van der Waals surface area contributed by atoms with Crippen LogP contribution in [-0.2, 0) is 10.0 Å². The Hall–Kier alpha value is -1.09. The van der Waals surface area contributed by atoms with Gasteiger partial charge in [-0.2, -0.15) is 0 Å². The van der Waals surface area contributed by atoms with E-state index < -0.39 is 18.8 Å². The van der Waals surface area contributed by atoms with Crippen molar-refractivity contribution in [2.75, 3.05) is 0 Å². The first-order valence-corrected chi connectivity index (χ1v) is 8.39. The summed E-state index contributed by atoms with van der Waals surface area (Å²) in [7, 11) is -4.25. The van der Waals surface area contributed by atoms with Crippen molar-refractivity contribution in [2.24, 2.45) is 5.14 Å². The summed E-state index contributed by atoms with van der Waals surface area (Å²) in [6.45, 7) is 4.14. The molecule has 0 aliphatic carbocycles. The Bertz CT molecular complexity index is 512. The first-order valence-electron chi connectivity index (χ1n) is 4.34. The fourth-order valence-corrected chi connectivity index (χ4v) is 1.90. The van der Waals surface area contributed by atoms with Crippen molar-refractivity contribution < 1.29 is 8.42 Å². The molecule has 0 saturated heterocycles. The van der Waals surface area contributed by atoms with Gasteiger partial charge in [-0.25, -0.2) is 13.6 Å². The summed E-state index contributed by atoms with van der Waals surface area (Å²) in [6, 6.07) is 6.37. The van der Waals surface area contributed by atoms with Gasteiger partial charge in [0.05, 0.1) is 4.90 Å². The largest absolute Gasteiger partial charge is 0.238 e. The molecule has 3 nitrogen and oxygen atoms in total. The third kappa shape index (κ3) is 3.87. The first-order chi connectivity index (χ1) is 6.89. The molecule has 79 valence electrons. The molecular formula is C10H12NO2SSi. The maximum atomic E-state index is 11.1. The van der Waals surface area contributed by atoms with E-state index in [0.717, 1.165) is 0 Å². The Morgan fingerprint density at radius 1 is 1.33 bits per heavy atom. The topological polar surface area (TPSA) is 60.2 Å². The number of sulfonamides is 1. The second kappa shape index (κ2) is 4.62. The van der Waals surface area contributed by atoms with Crippen molar-refractivity contribution in [3.05, 3.63) is 29.8 Å². The molecule has 1 aromatic rings. The van der Waals surface area contributed by atoms with Crippen molar-refractivity contribution in [1.29, 1.82) is 0 Å². The van der Waals surface area contributed by atoms with E-state index in [-0.39, 0.29) is 4.90 Å². The van der Waals surface area contributed by atoms with Crippen LogP contribution in [0.2, 0.25) is 13.1 Å². The van der Waals surface area contributed by atoms with Gasteiger partial charge >= 0.3 is 0 Å². The molecule has 1 rings (SSSR count). The Morgan fingerprint density at radius 2 is 2.00 bits per heavy atom. The molecule has 0 aliphatic rings. The molecule has 0 amide bonds. The van der Waals surface area contributed by atoms with Crippen LogP contribution in [0.4, 0.5) is 0 Å². The molecule has 2 N–H and O–H groups in total. The van der Waals surface area contributed by atoms with Crippen molar-refractivity contribution in [2.45, 2.75) is 18.0 Å². The molecule has 0 aromatic heterocycles. The third-order valence-electron chi connectivity index (χ3n) is 1.62. The minimum Gasteiger partial charge on any atom is -0.225 e. The SMILES string of the molecule is C[Si](C)C#Cc1cccc(S(N)(=O)=O)c1. The van der Waals surface area contributed by atoms with Crippen LogP contribution >= 0.6 is 0 Å². The highest BCUT2D eigenvalue weighted by molar-refractivity contribution is 7.89. The highest BCUT2D eigenvalue weighted by Crippen LogP contribution is 2.08. The highest BCUT2D eigenvalue weighted by Gasteiger charge is 2.06. The summed E-state index contributed by atoms with van der Waals surface area (Å²) < 4.78 is 22.1. The van der Waals surface area contributed by atoms with Gasteiger partial charge in [0.15, 0.2) is 0 Å². The number of primary sulfonamides is 1. The summed E-state index contributed by atoms with van der Waals surface area (Å²) in [5, 5.41) is 5.01. The lowest BCUT2D eigenvalue weighted by Crippen LogP contribution is -2.12. The smallest absolute Gasteiger partial charge is 0.225 e. The van der Waals surface area contributed by atoms with Crippen LogP contribution in [0.15, 0.2) is 29.2 Å². The lowest BCUT2D eigenvalue weighted by atomic mass is 10.2. The summed E-state index contributed by atoms with van der Waals surface area (Å²) in [6.07, 6.45) is 0. The van der Waals surface area contributed by atoms with Gasteiger partial charge in [0.2, 0.25) is 10.0 Å². The van der Waals surface area contributed by atoms with Crippen LogP contribution in [0, 0.1) is 11.5 Å². The summed E-state index contributed by atoms with van der Waals surface area (Å²) in [4.78, 5) is 0.107. The van der Waals surface area contributed by atoms with E-state index in [0.29, 0.717) is 5.56 Å². The molecule has 0 aliphatic heterocycles. The zero-order valence-corrected chi connectivity index (χ0v) is 10.4. The van der Waals surface area contributed by atoms with Gasteiger partial charge in [0.1, 0.15) is 8.80 Å². The number of benzene rings is 1. The molecule has 0 atom stereocenters. The minimum absolute atomic E-state index is 0.107. The van der Waals surface area contributed by atoms with Crippen LogP contribution in [0.25, 0.3) is 0 Å². The number of nitrogens with two attached hydrogens (primary N) is 1. The fourth-order valence-electron chi connectivity index (χ4n) is 0.948. The average Bonchev–Trinajstić information content (AvgIpc) is 2.14. The van der Waals surface area contributed by atoms with Crippen LogP contribution in [0.3, 0.4) is 0 Å². The van der Waals surface area contributed by atoms with Gasteiger partial charge in [-0.15, -0.1) is 5.54 Å². The van der Waals surface area contributed by atoms with Gasteiger partial charge in [0.25, 0.3) is 0 Å². The van der Waals surface area contributed by atoms with Gasteiger partial charge in [0, 0.05) is 5.56 Å². The first kappa shape index (κ1) is 12.0. The molecule has 5 heteroatoms. The van der Waals surface area contributed by atoms with E-state index in [1.54, 1.807) is 12.1 Å². The van der Waals surface area contributed by atoms with Crippen molar-refractivity contribution in [3.63, 3.8) is 0 Å². The molecule has 1 radical (unpaired) electrons. The second-order valence-corrected chi connectivity index (χ2v) is 7.13. The van der Waals surface area contributed by atoms with Gasteiger partial charge < -0.3 is 0 Å². The van der Waals surface area contributed by atoms with Gasteiger partial charge in [-0.3, -0.25) is 0 Å². The zero-order chi connectivity index (χ0) is 11.5. The molecule has 0 unspecified atom stereocenters. The lowest BCUT2D eigenvalue weighted by Gasteiger charge is -1.97. The monoisotopic (exact) mass is 238 g/mol.